The maximum atomic E-state index is 13.2. The quantitative estimate of drug-likeness (QED) is 0.741. The third-order valence-electron chi connectivity index (χ3n) is 2.05. The largest absolute Gasteiger partial charge is 0.494 e. The molecule has 0 heterocycles. The molecule has 0 bridgehead atoms. The molecule has 0 fully saturated rings. The highest BCUT2D eigenvalue weighted by atomic mass is 19.1. The Morgan fingerprint density at radius 2 is 2.14 bits per heavy atom. The molecule has 0 spiro atoms. The molecule has 76 valence electrons. The lowest BCUT2D eigenvalue weighted by atomic mass is 10.0. The van der Waals surface area contributed by atoms with E-state index in [2.05, 4.69) is 0 Å². The van der Waals surface area contributed by atoms with Gasteiger partial charge in [0.25, 0.3) is 0 Å². The van der Waals surface area contributed by atoms with Gasteiger partial charge in [0, 0.05) is 6.42 Å². The first kappa shape index (κ1) is 10.7. The second-order valence-electron chi connectivity index (χ2n) is 3.29. The first-order valence-electron chi connectivity index (χ1n) is 4.37. The van der Waals surface area contributed by atoms with Crippen molar-refractivity contribution in [2.24, 2.45) is 0 Å². The van der Waals surface area contributed by atoms with Gasteiger partial charge in [0.1, 0.15) is 5.78 Å². The van der Waals surface area contributed by atoms with Crippen LogP contribution in [0.15, 0.2) is 12.1 Å². The Morgan fingerprint density at radius 3 is 2.64 bits per heavy atom. The van der Waals surface area contributed by atoms with Crippen molar-refractivity contribution in [2.75, 3.05) is 7.11 Å². The molecule has 0 unspecified atom stereocenters. The topological polar surface area (TPSA) is 26.3 Å². The van der Waals surface area contributed by atoms with E-state index in [1.807, 2.05) is 0 Å². The predicted molar refractivity (Wildman–Crippen MR) is 52.1 cm³/mol. The molecular formula is C11H13FO2. The van der Waals surface area contributed by atoms with Crippen LogP contribution in [0.25, 0.3) is 0 Å². The first-order valence-corrected chi connectivity index (χ1v) is 4.37. The minimum atomic E-state index is -0.391. The fraction of sp³-hybridized carbons (Fsp3) is 0.364. The van der Waals surface area contributed by atoms with Crippen LogP contribution in [0.5, 0.6) is 5.75 Å². The van der Waals surface area contributed by atoms with Crippen LogP contribution in [0.2, 0.25) is 0 Å². The lowest BCUT2D eigenvalue weighted by Crippen LogP contribution is -2.00. The van der Waals surface area contributed by atoms with E-state index in [1.165, 1.54) is 20.1 Å². The van der Waals surface area contributed by atoms with Crippen LogP contribution in [0.3, 0.4) is 0 Å². The smallest absolute Gasteiger partial charge is 0.165 e. The molecule has 0 saturated carbocycles. The summed E-state index contributed by atoms with van der Waals surface area (Å²) in [6, 6.07) is 2.96. The molecule has 0 amide bonds. The van der Waals surface area contributed by atoms with Crippen molar-refractivity contribution in [1.82, 2.24) is 0 Å². The Hall–Kier alpha value is -1.38. The number of rotatable bonds is 3. The van der Waals surface area contributed by atoms with Crippen LogP contribution >= 0.6 is 0 Å². The van der Waals surface area contributed by atoms with Crippen molar-refractivity contribution in [3.63, 3.8) is 0 Å². The number of ketones is 1. The number of aryl methyl sites for hydroxylation is 1. The minimum absolute atomic E-state index is 0.0572. The molecular weight excluding hydrogens is 183 g/mol. The summed E-state index contributed by atoms with van der Waals surface area (Å²) in [5, 5.41) is 0. The average molecular weight is 196 g/mol. The summed E-state index contributed by atoms with van der Waals surface area (Å²) < 4.78 is 18.0. The van der Waals surface area contributed by atoms with Gasteiger partial charge in [-0.25, -0.2) is 4.39 Å². The standard InChI is InChI=1S/C11H13FO2/c1-7-4-10(12)11(14-3)6-9(7)5-8(2)13/h4,6H,5H2,1-3H3. The van der Waals surface area contributed by atoms with Crippen LogP contribution in [0.1, 0.15) is 18.1 Å². The van der Waals surface area contributed by atoms with E-state index in [0.29, 0.717) is 6.42 Å². The zero-order chi connectivity index (χ0) is 10.7. The molecule has 2 nitrogen and oxygen atoms in total. The Morgan fingerprint density at radius 1 is 1.50 bits per heavy atom. The van der Waals surface area contributed by atoms with Crippen molar-refractivity contribution in [1.29, 1.82) is 0 Å². The number of ether oxygens (including phenoxy) is 1. The number of hydrogen-bond donors (Lipinski definition) is 0. The highest BCUT2D eigenvalue weighted by Crippen LogP contribution is 2.22. The number of benzene rings is 1. The van der Waals surface area contributed by atoms with Crippen LogP contribution in [-0.4, -0.2) is 12.9 Å². The van der Waals surface area contributed by atoms with Crippen molar-refractivity contribution < 1.29 is 13.9 Å². The number of carbonyl (C=O) groups excluding carboxylic acids is 1. The zero-order valence-corrected chi connectivity index (χ0v) is 8.56. The Balaban J connectivity index is 3.10. The molecule has 1 aromatic carbocycles. The third kappa shape index (κ3) is 2.31. The van der Waals surface area contributed by atoms with Gasteiger partial charge < -0.3 is 4.74 Å². The minimum Gasteiger partial charge on any atom is -0.494 e. The molecule has 0 N–H and O–H groups in total. The van der Waals surface area contributed by atoms with Gasteiger partial charge in [0.2, 0.25) is 0 Å². The SMILES string of the molecule is COc1cc(CC(C)=O)c(C)cc1F. The van der Waals surface area contributed by atoms with Crippen LogP contribution in [0.4, 0.5) is 4.39 Å². The number of Topliss-reactive ketones (excluding diaryl/α,β-unsaturated/α-hetero) is 1. The van der Waals surface area contributed by atoms with Gasteiger partial charge in [-0.2, -0.15) is 0 Å². The van der Waals surface area contributed by atoms with Crippen LogP contribution < -0.4 is 4.74 Å². The molecule has 14 heavy (non-hydrogen) atoms. The van der Waals surface area contributed by atoms with Crippen molar-refractivity contribution >= 4 is 5.78 Å². The highest BCUT2D eigenvalue weighted by Gasteiger charge is 2.08. The molecule has 0 aliphatic heterocycles. The summed E-state index contributed by atoms with van der Waals surface area (Å²) in [5.41, 5.74) is 1.59. The monoisotopic (exact) mass is 196 g/mol. The zero-order valence-electron chi connectivity index (χ0n) is 8.56. The number of methoxy groups -OCH3 is 1. The Bertz CT molecular complexity index is 359. The van der Waals surface area contributed by atoms with E-state index in [1.54, 1.807) is 13.0 Å². The Kier molecular flexibility index (Phi) is 3.23. The van der Waals surface area contributed by atoms with Crippen molar-refractivity contribution in [2.45, 2.75) is 20.3 Å². The highest BCUT2D eigenvalue weighted by molar-refractivity contribution is 5.78. The lowest BCUT2D eigenvalue weighted by molar-refractivity contribution is -0.116. The summed E-state index contributed by atoms with van der Waals surface area (Å²) in [4.78, 5) is 10.9. The van der Waals surface area contributed by atoms with E-state index in [-0.39, 0.29) is 11.5 Å². The predicted octanol–water partition coefficient (Wildman–Crippen LogP) is 2.27. The van der Waals surface area contributed by atoms with Crippen molar-refractivity contribution in [3.05, 3.63) is 29.1 Å². The number of carbonyl (C=O) groups is 1. The summed E-state index contributed by atoms with van der Waals surface area (Å²) in [6.07, 6.45) is 0.322. The maximum Gasteiger partial charge on any atom is 0.165 e. The maximum absolute atomic E-state index is 13.2. The summed E-state index contributed by atoms with van der Waals surface area (Å²) >= 11 is 0. The molecule has 1 rings (SSSR count). The van der Waals surface area contributed by atoms with Gasteiger partial charge in [-0.15, -0.1) is 0 Å². The first-order chi connectivity index (χ1) is 6.54. The van der Waals surface area contributed by atoms with Crippen molar-refractivity contribution in [3.8, 4) is 5.75 Å². The van der Waals surface area contributed by atoms with Crippen LogP contribution in [0, 0.1) is 12.7 Å². The molecule has 0 aromatic heterocycles. The van der Waals surface area contributed by atoms with Gasteiger partial charge in [-0.05, 0) is 37.1 Å². The number of hydrogen-bond acceptors (Lipinski definition) is 2. The van der Waals surface area contributed by atoms with E-state index in [0.717, 1.165) is 11.1 Å². The fourth-order valence-corrected chi connectivity index (χ4v) is 1.31. The summed E-state index contributed by atoms with van der Waals surface area (Å²) in [5.74, 6) is -0.147. The van der Waals surface area contributed by atoms with Gasteiger partial charge in [0.05, 0.1) is 7.11 Å². The van der Waals surface area contributed by atoms with Gasteiger partial charge in [0.15, 0.2) is 11.6 Å². The second kappa shape index (κ2) is 4.22. The molecule has 1 aromatic rings. The third-order valence-corrected chi connectivity index (χ3v) is 2.05. The Labute approximate surface area is 82.7 Å². The van der Waals surface area contributed by atoms with Gasteiger partial charge >= 0.3 is 0 Å². The molecule has 0 saturated heterocycles. The molecule has 0 aliphatic rings. The summed E-state index contributed by atoms with van der Waals surface area (Å²) in [6.45, 7) is 3.29. The van der Waals surface area contributed by atoms with E-state index < -0.39 is 5.82 Å². The molecule has 0 radical (unpaired) electrons. The van der Waals surface area contributed by atoms with E-state index in [4.69, 9.17) is 4.74 Å². The van der Waals surface area contributed by atoms with Gasteiger partial charge in [-0.1, -0.05) is 0 Å². The summed E-state index contributed by atoms with van der Waals surface area (Å²) in [7, 11) is 1.41. The van der Waals surface area contributed by atoms with E-state index in [9.17, 15) is 9.18 Å². The van der Waals surface area contributed by atoms with Gasteiger partial charge in [-0.3, -0.25) is 4.79 Å². The average Bonchev–Trinajstić information content (AvgIpc) is 2.09. The lowest BCUT2D eigenvalue weighted by Gasteiger charge is -2.07. The fourth-order valence-electron chi connectivity index (χ4n) is 1.31. The molecule has 0 atom stereocenters. The molecule has 0 aliphatic carbocycles. The second-order valence-corrected chi connectivity index (χ2v) is 3.29. The van der Waals surface area contributed by atoms with Crippen LogP contribution in [-0.2, 0) is 11.2 Å². The normalized spacial score (nSPS) is 10.0. The number of halogens is 1. The molecule has 3 heteroatoms. The van der Waals surface area contributed by atoms with E-state index >= 15 is 0 Å².